The van der Waals surface area contributed by atoms with Gasteiger partial charge < -0.3 is 16.0 Å². The summed E-state index contributed by atoms with van der Waals surface area (Å²) in [6, 6.07) is 6.35. The van der Waals surface area contributed by atoms with Crippen LogP contribution >= 0.6 is 0 Å². The minimum absolute atomic E-state index is 0.0977. The fraction of sp³-hybridized carbons (Fsp3) is 0.458. The molecule has 0 fully saturated rings. The number of carbonyl (C=O) groups is 1. The zero-order valence-electron chi connectivity index (χ0n) is 17.3. The van der Waals surface area contributed by atoms with E-state index in [1.165, 1.54) is 11.1 Å². The normalized spacial score (nSPS) is 23.4. The van der Waals surface area contributed by atoms with Crippen molar-refractivity contribution in [3.63, 3.8) is 0 Å². The van der Waals surface area contributed by atoms with Crippen LogP contribution in [0.5, 0.6) is 0 Å². The van der Waals surface area contributed by atoms with Gasteiger partial charge in [0.25, 0.3) is 5.91 Å². The number of fused-ring (bicyclic) bond motifs is 1. The molecule has 4 nitrogen and oxygen atoms in total. The number of nitrogens with zero attached hydrogens (tertiary/aromatic N) is 1. The third kappa shape index (κ3) is 3.93. The van der Waals surface area contributed by atoms with Gasteiger partial charge in [-0.05, 0) is 62.1 Å². The molecule has 0 aromatic heterocycles. The van der Waals surface area contributed by atoms with Gasteiger partial charge in [-0.25, -0.2) is 0 Å². The van der Waals surface area contributed by atoms with Gasteiger partial charge in [-0.15, -0.1) is 0 Å². The van der Waals surface area contributed by atoms with E-state index in [2.05, 4.69) is 54.8 Å². The number of hydrogen-bond donors (Lipinski definition) is 2. The van der Waals surface area contributed by atoms with Gasteiger partial charge in [-0.3, -0.25) is 4.79 Å². The summed E-state index contributed by atoms with van der Waals surface area (Å²) in [5, 5.41) is 3.77. The van der Waals surface area contributed by atoms with Crippen LogP contribution in [0.1, 0.15) is 55.5 Å². The van der Waals surface area contributed by atoms with Gasteiger partial charge in [-0.2, -0.15) is 0 Å². The van der Waals surface area contributed by atoms with E-state index in [0.717, 1.165) is 37.2 Å². The number of benzene rings is 1. The number of rotatable bonds is 6. The molecule has 1 aromatic carbocycles. The molecule has 0 spiro atoms. The molecule has 1 aromatic rings. The van der Waals surface area contributed by atoms with Crippen molar-refractivity contribution in [3.05, 3.63) is 65.3 Å². The largest absolute Gasteiger partial charge is 0.378 e. The summed E-state index contributed by atoms with van der Waals surface area (Å²) in [7, 11) is 0. The third-order valence-corrected chi connectivity index (χ3v) is 6.15. The molecule has 1 amide bonds. The van der Waals surface area contributed by atoms with Crippen LogP contribution in [0.2, 0.25) is 0 Å². The molecular weight excluding hydrogens is 346 g/mol. The summed E-state index contributed by atoms with van der Waals surface area (Å²) in [6.45, 7) is 8.31. The highest BCUT2D eigenvalue weighted by atomic mass is 16.2. The van der Waals surface area contributed by atoms with Crippen LogP contribution in [0.4, 0.5) is 5.69 Å². The second kappa shape index (κ2) is 9.24. The van der Waals surface area contributed by atoms with Crippen LogP contribution in [0.15, 0.2) is 54.2 Å². The number of allylic oxidation sites excluding steroid dienone is 5. The molecular formula is C24H33N3O. The fourth-order valence-corrected chi connectivity index (χ4v) is 4.58. The number of hydrogen-bond acceptors (Lipinski definition) is 3. The van der Waals surface area contributed by atoms with Crippen molar-refractivity contribution in [3.8, 4) is 0 Å². The Kier molecular flexibility index (Phi) is 6.74. The van der Waals surface area contributed by atoms with Crippen LogP contribution in [-0.2, 0) is 0 Å². The highest BCUT2D eigenvalue weighted by Crippen LogP contribution is 2.42. The number of nitrogens with one attached hydrogen (secondary N) is 1. The summed E-state index contributed by atoms with van der Waals surface area (Å²) < 4.78 is 0. The van der Waals surface area contributed by atoms with E-state index < -0.39 is 0 Å². The molecule has 4 heteroatoms. The number of anilines is 1. The number of amides is 1. The molecule has 3 atom stereocenters. The smallest absolute Gasteiger partial charge is 0.253 e. The predicted molar refractivity (Wildman–Crippen MR) is 118 cm³/mol. The first-order chi connectivity index (χ1) is 13.6. The summed E-state index contributed by atoms with van der Waals surface area (Å²) in [4.78, 5) is 14.7. The van der Waals surface area contributed by atoms with Crippen molar-refractivity contribution in [2.24, 2.45) is 11.7 Å². The molecule has 28 heavy (non-hydrogen) atoms. The minimum Gasteiger partial charge on any atom is -0.378 e. The van der Waals surface area contributed by atoms with Crippen molar-refractivity contribution < 1.29 is 4.79 Å². The predicted octanol–water partition coefficient (Wildman–Crippen LogP) is 4.47. The number of nitrogens with two attached hydrogens (primary N) is 1. The highest BCUT2D eigenvalue weighted by Gasteiger charge is 2.36. The average molecular weight is 380 g/mol. The van der Waals surface area contributed by atoms with Crippen LogP contribution < -0.4 is 11.1 Å². The Morgan fingerprint density at radius 1 is 1.18 bits per heavy atom. The Bertz CT molecular complexity index is 789. The second-order valence-electron chi connectivity index (χ2n) is 7.57. The molecule has 0 radical (unpaired) electrons. The second-order valence-corrected chi connectivity index (χ2v) is 7.57. The topological polar surface area (TPSA) is 58.4 Å². The first-order valence-electron chi connectivity index (χ1n) is 10.6. The Labute approximate surface area is 169 Å². The van der Waals surface area contributed by atoms with Crippen LogP contribution in [0.3, 0.4) is 0 Å². The first-order valence-corrected chi connectivity index (χ1v) is 10.6. The molecule has 3 rings (SSSR count). The van der Waals surface area contributed by atoms with Crippen molar-refractivity contribution >= 4 is 11.6 Å². The van der Waals surface area contributed by atoms with Crippen molar-refractivity contribution in [1.29, 1.82) is 0 Å². The monoisotopic (exact) mass is 379 g/mol. The fourth-order valence-electron chi connectivity index (χ4n) is 4.58. The van der Waals surface area contributed by atoms with Crippen molar-refractivity contribution in [1.82, 2.24) is 4.90 Å². The van der Waals surface area contributed by atoms with E-state index in [4.69, 9.17) is 5.73 Å². The van der Waals surface area contributed by atoms with Gasteiger partial charge in [0.05, 0.1) is 6.04 Å². The Balaban J connectivity index is 1.98. The van der Waals surface area contributed by atoms with Crippen molar-refractivity contribution in [2.45, 2.75) is 45.6 Å². The summed E-state index contributed by atoms with van der Waals surface area (Å²) in [5.41, 5.74) is 10.7. The lowest BCUT2D eigenvalue weighted by molar-refractivity contribution is 0.0773. The molecule has 1 unspecified atom stereocenters. The van der Waals surface area contributed by atoms with Gasteiger partial charge in [0, 0.05) is 30.3 Å². The molecule has 1 heterocycles. The Morgan fingerprint density at radius 3 is 2.64 bits per heavy atom. The number of carbonyl (C=O) groups excluding carboxylic acids is 1. The summed E-state index contributed by atoms with van der Waals surface area (Å²) >= 11 is 0. The quantitative estimate of drug-likeness (QED) is 0.766. The lowest BCUT2D eigenvalue weighted by Gasteiger charge is -2.41. The maximum Gasteiger partial charge on any atom is 0.253 e. The van der Waals surface area contributed by atoms with Crippen molar-refractivity contribution in [2.75, 3.05) is 25.0 Å². The SMILES string of the molecule is CC[C@H]1C(C2=CC=CC=CC2)Nc2ccc(C(=O)N(CC)CC)cc2[C@H]1CN. The molecule has 3 N–H and O–H groups in total. The lowest BCUT2D eigenvalue weighted by atomic mass is 9.73. The Morgan fingerprint density at radius 2 is 1.96 bits per heavy atom. The van der Waals surface area contributed by atoms with Gasteiger partial charge in [-0.1, -0.05) is 43.7 Å². The summed E-state index contributed by atoms with van der Waals surface area (Å²) in [6.07, 6.45) is 12.7. The van der Waals surface area contributed by atoms with Gasteiger partial charge >= 0.3 is 0 Å². The molecule has 2 aliphatic rings. The highest BCUT2D eigenvalue weighted by molar-refractivity contribution is 5.95. The average Bonchev–Trinajstić information content (AvgIpc) is 3.02. The Hall–Kier alpha value is -2.33. The van der Waals surface area contributed by atoms with E-state index in [1.54, 1.807) is 0 Å². The minimum atomic E-state index is 0.0977. The van der Waals surface area contributed by atoms with E-state index in [9.17, 15) is 4.79 Å². The lowest BCUT2D eigenvalue weighted by Crippen LogP contribution is -2.41. The molecule has 1 aliphatic carbocycles. The third-order valence-electron chi connectivity index (χ3n) is 6.15. The van der Waals surface area contributed by atoms with Gasteiger partial charge in [0.1, 0.15) is 0 Å². The van der Waals surface area contributed by atoms with E-state index >= 15 is 0 Å². The molecule has 150 valence electrons. The zero-order chi connectivity index (χ0) is 20.1. The maximum absolute atomic E-state index is 12.8. The zero-order valence-corrected chi connectivity index (χ0v) is 17.3. The van der Waals surface area contributed by atoms with Crippen LogP contribution in [0.25, 0.3) is 0 Å². The molecule has 0 bridgehead atoms. The molecule has 1 aliphatic heterocycles. The first kappa shape index (κ1) is 20.4. The maximum atomic E-state index is 12.8. The van der Waals surface area contributed by atoms with Crippen LogP contribution in [-0.4, -0.2) is 36.5 Å². The standard InChI is InChI=1S/C24H33N3O/c1-4-19-21(16-25)20-15-18(24(28)27(5-2)6-3)13-14-22(20)26-23(19)17-11-9-7-8-10-12-17/h7-11,13-15,19,21,23,26H,4-6,12,16,25H2,1-3H3/t19-,21+,23?/m1/s1. The summed E-state index contributed by atoms with van der Waals surface area (Å²) in [5.74, 6) is 0.746. The van der Waals surface area contributed by atoms with Gasteiger partial charge in [0.15, 0.2) is 0 Å². The van der Waals surface area contributed by atoms with Crippen LogP contribution in [0, 0.1) is 5.92 Å². The van der Waals surface area contributed by atoms with E-state index in [1.807, 2.05) is 24.8 Å². The van der Waals surface area contributed by atoms with Gasteiger partial charge in [0.2, 0.25) is 0 Å². The molecule has 0 saturated carbocycles. The van der Waals surface area contributed by atoms with E-state index in [0.29, 0.717) is 12.5 Å². The van der Waals surface area contributed by atoms with E-state index in [-0.39, 0.29) is 17.9 Å². The molecule has 0 saturated heterocycles.